The molecule has 1 aromatic rings. The largest absolute Gasteiger partial charge is 0.0591 e. The monoisotopic (exact) mass is 322 g/mol. The van der Waals surface area contributed by atoms with E-state index in [2.05, 4.69) is 31.2 Å². The average Bonchev–Trinajstić information content (AvgIpc) is 3.38. The molecule has 0 heteroatoms. The summed E-state index contributed by atoms with van der Waals surface area (Å²) in [6.45, 7) is 2.21. The fourth-order valence-corrected chi connectivity index (χ4v) is 7.47. The lowest BCUT2D eigenvalue weighted by Gasteiger charge is -2.38. The smallest absolute Gasteiger partial charge is 0.0276 e. The molecule has 24 heavy (non-hydrogen) atoms. The molecule has 0 radical (unpaired) electrons. The second-order valence-corrected chi connectivity index (χ2v) is 9.87. The molecule has 4 fully saturated rings. The zero-order valence-corrected chi connectivity index (χ0v) is 15.4. The highest BCUT2D eigenvalue weighted by Gasteiger charge is 2.49. The Hall–Kier alpha value is -0.780. The normalized spacial score (nSPS) is 41.2. The lowest BCUT2D eigenvalue weighted by atomic mass is 9.67. The molecule has 5 rings (SSSR count). The molecule has 4 aliphatic rings. The summed E-state index contributed by atoms with van der Waals surface area (Å²) in [5.74, 6) is 7.68. The Balaban J connectivity index is 1.32. The molecule has 1 aromatic carbocycles. The Labute approximate surface area is 148 Å². The van der Waals surface area contributed by atoms with Crippen LogP contribution in [0.25, 0.3) is 0 Å². The first-order valence-electron chi connectivity index (χ1n) is 10.8. The third-order valence-electron chi connectivity index (χ3n) is 8.57. The van der Waals surface area contributed by atoms with Crippen molar-refractivity contribution in [3.8, 4) is 0 Å². The van der Waals surface area contributed by atoms with Crippen molar-refractivity contribution < 1.29 is 0 Å². The second-order valence-electron chi connectivity index (χ2n) is 9.87. The van der Waals surface area contributed by atoms with Crippen LogP contribution in [0.15, 0.2) is 24.3 Å². The van der Waals surface area contributed by atoms with Gasteiger partial charge in [-0.15, -0.1) is 0 Å². The van der Waals surface area contributed by atoms with Gasteiger partial charge in [0.25, 0.3) is 0 Å². The lowest BCUT2D eigenvalue weighted by Crippen LogP contribution is -2.31. The van der Waals surface area contributed by atoms with Crippen LogP contribution in [-0.2, 0) is 6.42 Å². The summed E-state index contributed by atoms with van der Waals surface area (Å²) in [6.07, 6.45) is 15.4. The highest BCUT2D eigenvalue weighted by Crippen LogP contribution is 2.59. The van der Waals surface area contributed by atoms with Crippen molar-refractivity contribution in [3.05, 3.63) is 35.4 Å². The van der Waals surface area contributed by atoms with Crippen molar-refractivity contribution >= 4 is 0 Å². The third-order valence-corrected chi connectivity index (χ3v) is 8.57. The van der Waals surface area contributed by atoms with E-state index in [1.165, 1.54) is 18.4 Å². The van der Waals surface area contributed by atoms with Gasteiger partial charge in [-0.1, -0.05) is 42.7 Å². The van der Waals surface area contributed by atoms with E-state index in [-0.39, 0.29) is 0 Å². The number of fused-ring (bicyclic) bond motifs is 4. The van der Waals surface area contributed by atoms with E-state index in [4.69, 9.17) is 0 Å². The van der Waals surface area contributed by atoms with Gasteiger partial charge in [-0.25, -0.2) is 0 Å². The minimum Gasteiger partial charge on any atom is -0.0591 e. The molecule has 0 amide bonds. The molecule has 6 unspecified atom stereocenters. The molecule has 0 nitrogen and oxygen atoms in total. The molecule has 0 saturated heterocycles. The Morgan fingerprint density at radius 1 is 0.792 bits per heavy atom. The van der Waals surface area contributed by atoms with E-state index in [1.807, 2.05) is 0 Å². The zero-order chi connectivity index (χ0) is 16.1. The van der Waals surface area contributed by atoms with Crippen LogP contribution >= 0.6 is 0 Å². The van der Waals surface area contributed by atoms with Gasteiger partial charge < -0.3 is 0 Å². The van der Waals surface area contributed by atoms with E-state index in [9.17, 15) is 0 Å². The summed E-state index contributed by atoms with van der Waals surface area (Å²) in [7, 11) is 0. The van der Waals surface area contributed by atoms with Gasteiger partial charge in [-0.05, 0) is 105 Å². The minimum atomic E-state index is 1.05. The van der Waals surface area contributed by atoms with E-state index in [1.54, 1.807) is 56.9 Å². The van der Waals surface area contributed by atoms with Gasteiger partial charge in [0.15, 0.2) is 0 Å². The van der Waals surface area contributed by atoms with Crippen molar-refractivity contribution in [3.63, 3.8) is 0 Å². The quantitative estimate of drug-likeness (QED) is 0.587. The zero-order valence-electron chi connectivity index (χ0n) is 15.4. The summed E-state index contributed by atoms with van der Waals surface area (Å²) < 4.78 is 0. The standard InChI is InChI=1S/C24H34/c1-16-2-4-17(5-3-16)8-11-22(23-14-18-6-9-20(23)12-18)24-15-19-7-10-21(24)13-19/h2-5,18-24H,6-15H2,1H3. The molecule has 130 valence electrons. The number of aryl methyl sites for hydroxylation is 2. The van der Waals surface area contributed by atoms with E-state index in [0.717, 1.165) is 41.4 Å². The van der Waals surface area contributed by atoms with Crippen LogP contribution in [0.1, 0.15) is 68.9 Å². The van der Waals surface area contributed by atoms with E-state index < -0.39 is 0 Å². The predicted octanol–water partition coefficient (Wildman–Crippen LogP) is 6.42. The summed E-state index contributed by atoms with van der Waals surface area (Å²) in [4.78, 5) is 0. The molecule has 6 atom stereocenters. The Bertz CT molecular complexity index is 542. The lowest BCUT2D eigenvalue weighted by molar-refractivity contribution is 0.112. The van der Waals surface area contributed by atoms with Crippen LogP contribution in [0, 0.1) is 48.3 Å². The number of rotatable bonds is 5. The first kappa shape index (κ1) is 15.5. The Morgan fingerprint density at radius 2 is 1.38 bits per heavy atom. The fourth-order valence-electron chi connectivity index (χ4n) is 7.47. The summed E-state index contributed by atoms with van der Waals surface area (Å²) in [5, 5.41) is 0. The van der Waals surface area contributed by atoms with Crippen molar-refractivity contribution in [1.82, 2.24) is 0 Å². The summed E-state index contributed by atoms with van der Waals surface area (Å²) in [6, 6.07) is 9.38. The van der Waals surface area contributed by atoms with Crippen LogP contribution in [0.5, 0.6) is 0 Å². The second kappa shape index (κ2) is 6.19. The van der Waals surface area contributed by atoms with Gasteiger partial charge >= 0.3 is 0 Å². The number of hydrogen-bond acceptors (Lipinski definition) is 0. The van der Waals surface area contributed by atoms with Gasteiger partial charge in [0.1, 0.15) is 0 Å². The van der Waals surface area contributed by atoms with Gasteiger partial charge in [-0.3, -0.25) is 0 Å². The minimum absolute atomic E-state index is 1.05. The first-order valence-corrected chi connectivity index (χ1v) is 10.8. The topological polar surface area (TPSA) is 0 Å². The number of hydrogen-bond donors (Lipinski definition) is 0. The van der Waals surface area contributed by atoms with Crippen LogP contribution in [0.4, 0.5) is 0 Å². The highest BCUT2D eigenvalue weighted by atomic mass is 14.5. The van der Waals surface area contributed by atoms with Gasteiger partial charge in [0.05, 0.1) is 0 Å². The van der Waals surface area contributed by atoms with E-state index >= 15 is 0 Å². The average molecular weight is 323 g/mol. The van der Waals surface area contributed by atoms with Crippen LogP contribution in [0.2, 0.25) is 0 Å². The molecule has 0 aromatic heterocycles. The van der Waals surface area contributed by atoms with Crippen molar-refractivity contribution in [2.45, 2.75) is 71.1 Å². The molecular formula is C24H34. The molecular weight excluding hydrogens is 288 g/mol. The van der Waals surface area contributed by atoms with Gasteiger partial charge in [0.2, 0.25) is 0 Å². The van der Waals surface area contributed by atoms with Crippen LogP contribution < -0.4 is 0 Å². The summed E-state index contributed by atoms with van der Waals surface area (Å²) >= 11 is 0. The van der Waals surface area contributed by atoms with Gasteiger partial charge in [-0.2, -0.15) is 0 Å². The molecule has 0 spiro atoms. The Kier molecular flexibility index (Phi) is 3.99. The Morgan fingerprint density at radius 3 is 1.83 bits per heavy atom. The number of benzene rings is 1. The third kappa shape index (κ3) is 2.74. The van der Waals surface area contributed by atoms with Crippen molar-refractivity contribution in [2.24, 2.45) is 41.4 Å². The van der Waals surface area contributed by atoms with Crippen LogP contribution in [-0.4, -0.2) is 0 Å². The van der Waals surface area contributed by atoms with Crippen LogP contribution in [0.3, 0.4) is 0 Å². The maximum atomic E-state index is 2.38. The SMILES string of the molecule is Cc1ccc(CCC(C2CC3CCC2C3)C2CC3CCC2C3)cc1. The van der Waals surface area contributed by atoms with Gasteiger partial charge in [0, 0.05) is 0 Å². The predicted molar refractivity (Wildman–Crippen MR) is 101 cm³/mol. The molecule has 0 heterocycles. The molecule has 4 saturated carbocycles. The van der Waals surface area contributed by atoms with Crippen molar-refractivity contribution in [2.75, 3.05) is 0 Å². The first-order chi connectivity index (χ1) is 11.8. The summed E-state index contributed by atoms with van der Waals surface area (Å²) in [5.41, 5.74) is 2.98. The fraction of sp³-hybridized carbons (Fsp3) is 0.750. The van der Waals surface area contributed by atoms with E-state index in [0.29, 0.717) is 0 Å². The molecule has 0 aliphatic heterocycles. The van der Waals surface area contributed by atoms with Crippen molar-refractivity contribution in [1.29, 1.82) is 0 Å². The molecule has 0 N–H and O–H groups in total. The molecule has 4 bridgehead atoms. The highest BCUT2D eigenvalue weighted by molar-refractivity contribution is 5.21. The molecule has 4 aliphatic carbocycles. The maximum Gasteiger partial charge on any atom is -0.0276 e. The maximum absolute atomic E-state index is 2.38.